The lowest BCUT2D eigenvalue weighted by molar-refractivity contribution is -0.133. The molecule has 180 valence electrons. The molecule has 0 aliphatic carbocycles. The number of halogens is 3. The van der Waals surface area contributed by atoms with Gasteiger partial charge in [-0.25, -0.2) is 12.8 Å². The first kappa shape index (κ1) is 25.1. The Balaban J connectivity index is 1.69. The highest BCUT2D eigenvalue weighted by molar-refractivity contribution is 7.89. The third-order valence-electron chi connectivity index (χ3n) is 5.83. The second-order valence-corrected chi connectivity index (χ2v) is 12.0. The second kappa shape index (κ2) is 9.95. The number of nitrogens with zero attached hydrogens (tertiary/aromatic N) is 2. The van der Waals surface area contributed by atoms with Gasteiger partial charge in [-0.3, -0.25) is 4.79 Å². The van der Waals surface area contributed by atoms with Crippen LogP contribution in [0.3, 0.4) is 0 Å². The molecule has 1 amide bonds. The van der Waals surface area contributed by atoms with Gasteiger partial charge in [-0.05, 0) is 79.2 Å². The monoisotopic (exact) mass is 540 g/mol. The molecule has 1 aliphatic rings. The van der Waals surface area contributed by atoms with Crippen molar-refractivity contribution in [3.8, 4) is 0 Å². The number of benzene rings is 2. The smallest absolute Gasteiger partial charge is 0.243 e. The van der Waals surface area contributed by atoms with Crippen molar-refractivity contribution in [3.05, 3.63) is 85.8 Å². The van der Waals surface area contributed by atoms with E-state index >= 15 is 0 Å². The molecule has 4 rings (SSSR count). The van der Waals surface area contributed by atoms with Crippen LogP contribution in [0.4, 0.5) is 4.39 Å². The van der Waals surface area contributed by atoms with E-state index in [1.54, 1.807) is 48.3 Å². The summed E-state index contributed by atoms with van der Waals surface area (Å²) in [6, 6.07) is 10.8. The van der Waals surface area contributed by atoms with Crippen molar-refractivity contribution in [2.45, 2.75) is 37.2 Å². The fourth-order valence-electron chi connectivity index (χ4n) is 4.15. The van der Waals surface area contributed by atoms with Gasteiger partial charge in [0, 0.05) is 27.5 Å². The van der Waals surface area contributed by atoms with Crippen LogP contribution >= 0.6 is 34.5 Å². The summed E-state index contributed by atoms with van der Waals surface area (Å²) in [6.07, 6.45) is 0.673. The number of sulfonamides is 1. The zero-order chi connectivity index (χ0) is 24.6. The Hall–Kier alpha value is -1.97. The Kier molecular flexibility index (Phi) is 7.36. The second-order valence-electron chi connectivity index (χ2n) is 8.30. The molecule has 10 heteroatoms. The number of hydrogen-bond acceptors (Lipinski definition) is 4. The lowest BCUT2D eigenvalue weighted by Crippen LogP contribution is -2.48. The molecule has 0 N–H and O–H groups in total. The van der Waals surface area contributed by atoms with Crippen molar-refractivity contribution in [2.75, 3.05) is 13.1 Å². The normalized spacial score (nSPS) is 16.2. The standard InChI is InChI=1S/C24H23Cl2FN2O3S2/c1-15(2)29(34(31,32)18-6-4-17(27)5-7-18)14-23(30)28-11-9-22-20(10-12-33-22)24(28)19-8-3-16(25)13-21(19)26/h3-8,10,12-13,15,24H,9,11,14H2,1-2H3. The number of carbonyl (C=O) groups is 1. The molecule has 0 spiro atoms. The number of amides is 1. The highest BCUT2D eigenvalue weighted by atomic mass is 35.5. The minimum absolute atomic E-state index is 0.0635. The van der Waals surface area contributed by atoms with E-state index in [1.165, 1.54) is 17.0 Å². The molecular formula is C24H23Cl2FN2O3S2. The largest absolute Gasteiger partial charge is 0.330 e. The maximum Gasteiger partial charge on any atom is 0.243 e. The van der Waals surface area contributed by atoms with E-state index in [0.717, 1.165) is 27.6 Å². The summed E-state index contributed by atoms with van der Waals surface area (Å²) in [4.78, 5) is 16.4. The molecule has 1 aromatic heterocycles. The van der Waals surface area contributed by atoms with Crippen molar-refractivity contribution in [3.63, 3.8) is 0 Å². The molecule has 34 heavy (non-hydrogen) atoms. The van der Waals surface area contributed by atoms with E-state index < -0.39 is 27.9 Å². The Morgan fingerprint density at radius 2 is 1.85 bits per heavy atom. The Morgan fingerprint density at radius 3 is 2.50 bits per heavy atom. The van der Waals surface area contributed by atoms with Gasteiger partial charge >= 0.3 is 0 Å². The van der Waals surface area contributed by atoms with E-state index in [0.29, 0.717) is 23.0 Å². The highest BCUT2D eigenvalue weighted by Gasteiger charge is 2.37. The predicted octanol–water partition coefficient (Wildman–Crippen LogP) is 5.77. The van der Waals surface area contributed by atoms with Gasteiger partial charge in [0.2, 0.25) is 15.9 Å². The molecule has 0 saturated carbocycles. The van der Waals surface area contributed by atoms with Gasteiger partial charge in [-0.2, -0.15) is 4.31 Å². The molecule has 3 aromatic rings. The maximum atomic E-state index is 13.6. The minimum Gasteiger partial charge on any atom is -0.330 e. The van der Waals surface area contributed by atoms with Crippen LogP contribution in [0.5, 0.6) is 0 Å². The van der Waals surface area contributed by atoms with Gasteiger partial charge in [-0.1, -0.05) is 29.3 Å². The first-order valence-electron chi connectivity index (χ1n) is 10.7. The number of carbonyl (C=O) groups excluding carboxylic acids is 1. The van der Waals surface area contributed by atoms with Gasteiger partial charge in [-0.15, -0.1) is 11.3 Å². The quantitative estimate of drug-likeness (QED) is 0.399. The van der Waals surface area contributed by atoms with Crippen LogP contribution in [0.25, 0.3) is 0 Å². The fourth-order valence-corrected chi connectivity index (χ4v) is 7.16. The summed E-state index contributed by atoms with van der Waals surface area (Å²) in [5.41, 5.74) is 1.71. The maximum absolute atomic E-state index is 13.6. The van der Waals surface area contributed by atoms with Crippen LogP contribution in [-0.2, 0) is 21.2 Å². The minimum atomic E-state index is -4.02. The Morgan fingerprint density at radius 1 is 1.15 bits per heavy atom. The Bertz CT molecular complexity index is 1310. The number of thiophene rings is 1. The number of hydrogen-bond donors (Lipinski definition) is 0. The SMILES string of the molecule is CC(C)N(CC(=O)N1CCc2sccc2C1c1ccc(Cl)cc1Cl)S(=O)(=O)c1ccc(F)cc1. The van der Waals surface area contributed by atoms with Gasteiger partial charge in [0.25, 0.3) is 0 Å². The molecule has 0 fully saturated rings. The molecule has 5 nitrogen and oxygen atoms in total. The molecule has 2 aromatic carbocycles. The average molecular weight is 541 g/mol. The molecule has 0 bridgehead atoms. The summed E-state index contributed by atoms with van der Waals surface area (Å²) < 4.78 is 41.1. The van der Waals surface area contributed by atoms with Crippen molar-refractivity contribution >= 4 is 50.5 Å². The van der Waals surface area contributed by atoms with Gasteiger partial charge < -0.3 is 4.90 Å². The third kappa shape index (κ3) is 4.88. The zero-order valence-corrected chi connectivity index (χ0v) is 21.7. The van der Waals surface area contributed by atoms with Gasteiger partial charge in [0.15, 0.2) is 0 Å². The van der Waals surface area contributed by atoms with E-state index in [2.05, 4.69) is 0 Å². The van der Waals surface area contributed by atoms with Crippen LogP contribution in [0.1, 0.15) is 35.9 Å². The molecule has 1 aliphatic heterocycles. The molecule has 1 unspecified atom stereocenters. The summed E-state index contributed by atoms with van der Waals surface area (Å²) in [5, 5.41) is 2.91. The lowest BCUT2D eigenvalue weighted by atomic mass is 9.93. The van der Waals surface area contributed by atoms with E-state index in [9.17, 15) is 17.6 Å². The van der Waals surface area contributed by atoms with Crippen molar-refractivity contribution in [1.82, 2.24) is 9.21 Å². The van der Waals surface area contributed by atoms with Crippen molar-refractivity contribution in [2.24, 2.45) is 0 Å². The van der Waals surface area contributed by atoms with Crippen LogP contribution < -0.4 is 0 Å². The molecule has 1 atom stereocenters. The molecule has 0 saturated heterocycles. The molecule has 0 radical (unpaired) electrons. The van der Waals surface area contributed by atoms with Crippen LogP contribution in [-0.4, -0.2) is 42.7 Å². The summed E-state index contributed by atoms with van der Waals surface area (Å²) in [5.74, 6) is -0.874. The predicted molar refractivity (Wildman–Crippen MR) is 133 cm³/mol. The fraction of sp³-hybridized carbons (Fsp3) is 0.292. The summed E-state index contributed by atoms with van der Waals surface area (Å²) >= 11 is 14.3. The van der Waals surface area contributed by atoms with Crippen molar-refractivity contribution < 1.29 is 17.6 Å². The lowest BCUT2D eigenvalue weighted by Gasteiger charge is -2.38. The van der Waals surface area contributed by atoms with E-state index in [-0.39, 0.29) is 17.3 Å². The Labute approximate surface area is 212 Å². The van der Waals surface area contributed by atoms with Gasteiger partial charge in [0.05, 0.1) is 17.5 Å². The highest BCUT2D eigenvalue weighted by Crippen LogP contribution is 2.41. The number of fused-ring (bicyclic) bond motifs is 1. The number of rotatable bonds is 6. The first-order valence-corrected chi connectivity index (χ1v) is 13.7. The topological polar surface area (TPSA) is 57.7 Å². The van der Waals surface area contributed by atoms with Gasteiger partial charge in [0.1, 0.15) is 5.82 Å². The molecule has 2 heterocycles. The summed E-state index contributed by atoms with van der Waals surface area (Å²) in [6.45, 7) is 3.49. The summed E-state index contributed by atoms with van der Waals surface area (Å²) in [7, 11) is -4.02. The average Bonchev–Trinajstić information content (AvgIpc) is 3.26. The van der Waals surface area contributed by atoms with Crippen LogP contribution in [0.2, 0.25) is 10.0 Å². The first-order chi connectivity index (χ1) is 16.1. The van der Waals surface area contributed by atoms with Crippen LogP contribution in [0, 0.1) is 5.82 Å². The third-order valence-corrected chi connectivity index (χ3v) is 9.43. The van der Waals surface area contributed by atoms with Crippen molar-refractivity contribution in [1.29, 1.82) is 0 Å². The van der Waals surface area contributed by atoms with Crippen LogP contribution in [0.15, 0.2) is 58.8 Å². The van der Waals surface area contributed by atoms with E-state index in [4.69, 9.17) is 23.2 Å². The zero-order valence-electron chi connectivity index (χ0n) is 18.5. The molecular weight excluding hydrogens is 518 g/mol. The van der Waals surface area contributed by atoms with E-state index in [1.807, 2.05) is 11.4 Å².